The van der Waals surface area contributed by atoms with Gasteiger partial charge in [-0.1, -0.05) is 19.3 Å². The predicted molar refractivity (Wildman–Crippen MR) is 112 cm³/mol. The maximum absolute atomic E-state index is 11.1. The molecule has 0 bridgehead atoms. The molecule has 164 valence electrons. The molecule has 0 aromatic heterocycles. The molecule has 6 heteroatoms. The molecule has 0 spiro atoms. The Labute approximate surface area is 173 Å². The molecule has 29 heavy (non-hydrogen) atoms. The fourth-order valence-electron chi connectivity index (χ4n) is 3.22. The van der Waals surface area contributed by atoms with Gasteiger partial charge < -0.3 is 20.4 Å². The highest BCUT2D eigenvalue weighted by Gasteiger charge is 2.26. The van der Waals surface area contributed by atoms with E-state index in [0.717, 1.165) is 32.1 Å². The summed E-state index contributed by atoms with van der Waals surface area (Å²) < 4.78 is 0. The van der Waals surface area contributed by atoms with Crippen LogP contribution in [0.25, 0.3) is 0 Å². The molecule has 0 unspecified atom stereocenters. The normalized spacial score (nSPS) is 12.1. The van der Waals surface area contributed by atoms with Gasteiger partial charge in [0.2, 0.25) is 0 Å². The topological polar surface area (TPSA) is 115 Å². The van der Waals surface area contributed by atoms with E-state index >= 15 is 0 Å². The smallest absolute Gasteiger partial charge is 0.309 e. The number of hydrogen-bond acceptors (Lipinski definition) is 4. The predicted octanol–water partition coefficient (Wildman–Crippen LogP) is 5.14. The Hall–Kier alpha value is -2.24. The molecule has 0 atom stereocenters. The van der Waals surface area contributed by atoms with Crippen molar-refractivity contribution in [3.63, 3.8) is 0 Å². The number of benzene rings is 1. The van der Waals surface area contributed by atoms with E-state index in [1.54, 1.807) is 39.8 Å². The molecule has 6 nitrogen and oxygen atoms in total. The van der Waals surface area contributed by atoms with Gasteiger partial charge in [0.05, 0.1) is 10.8 Å². The Morgan fingerprint density at radius 2 is 1.03 bits per heavy atom. The first kappa shape index (κ1) is 24.8. The van der Waals surface area contributed by atoms with Crippen LogP contribution >= 0.6 is 0 Å². The van der Waals surface area contributed by atoms with Crippen LogP contribution in [0.3, 0.4) is 0 Å². The first-order valence-corrected chi connectivity index (χ1v) is 10.4. The summed E-state index contributed by atoms with van der Waals surface area (Å²) in [7, 11) is 0. The third-order valence-corrected chi connectivity index (χ3v) is 5.68. The van der Waals surface area contributed by atoms with Crippen molar-refractivity contribution in [2.75, 3.05) is 0 Å². The minimum Gasteiger partial charge on any atom is -0.508 e. The first-order valence-electron chi connectivity index (χ1n) is 10.4. The number of aryl methyl sites for hydroxylation is 2. The lowest BCUT2D eigenvalue weighted by molar-refractivity contribution is -0.148. The van der Waals surface area contributed by atoms with Crippen molar-refractivity contribution in [2.24, 2.45) is 10.8 Å². The SMILES string of the molecule is CC(C)(CCCCCc1cc(O)c(CCCCC(C)(C)C(=O)O)cc1O)C(=O)O. The number of aliphatic carboxylic acids is 2. The van der Waals surface area contributed by atoms with E-state index in [9.17, 15) is 19.8 Å². The highest BCUT2D eigenvalue weighted by molar-refractivity contribution is 5.73. The van der Waals surface area contributed by atoms with Crippen molar-refractivity contribution in [3.05, 3.63) is 23.3 Å². The van der Waals surface area contributed by atoms with Crippen LogP contribution in [0.2, 0.25) is 0 Å². The molecule has 0 heterocycles. The van der Waals surface area contributed by atoms with Gasteiger partial charge in [-0.3, -0.25) is 9.59 Å². The maximum atomic E-state index is 11.1. The molecule has 0 aliphatic heterocycles. The lowest BCUT2D eigenvalue weighted by Crippen LogP contribution is -2.23. The second-order valence-electron chi connectivity index (χ2n) is 9.26. The van der Waals surface area contributed by atoms with E-state index in [1.807, 2.05) is 0 Å². The molecule has 4 N–H and O–H groups in total. The van der Waals surface area contributed by atoms with Crippen LogP contribution in [0.4, 0.5) is 0 Å². The van der Waals surface area contributed by atoms with Crippen LogP contribution < -0.4 is 0 Å². The van der Waals surface area contributed by atoms with Crippen LogP contribution in [0, 0.1) is 10.8 Å². The van der Waals surface area contributed by atoms with Gasteiger partial charge in [0, 0.05) is 0 Å². The van der Waals surface area contributed by atoms with Gasteiger partial charge >= 0.3 is 11.9 Å². The van der Waals surface area contributed by atoms with E-state index < -0.39 is 22.8 Å². The molecule has 0 radical (unpaired) electrons. The van der Waals surface area contributed by atoms with Crippen molar-refractivity contribution in [1.29, 1.82) is 0 Å². The molecule has 1 rings (SSSR count). The van der Waals surface area contributed by atoms with E-state index in [2.05, 4.69) is 0 Å². The van der Waals surface area contributed by atoms with Crippen molar-refractivity contribution in [1.82, 2.24) is 0 Å². The molecule has 1 aromatic rings. The number of phenols is 2. The lowest BCUT2D eigenvalue weighted by atomic mass is 9.86. The van der Waals surface area contributed by atoms with Gasteiger partial charge in [-0.05, 0) is 89.5 Å². The number of carbonyl (C=O) groups is 2. The Morgan fingerprint density at radius 1 is 0.690 bits per heavy atom. The van der Waals surface area contributed by atoms with E-state index in [4.69, 9.17) is 10.2 Å². The average molecular weight is 409 g/mol. The quantitative estimate of drug-likeness (QED) is 0.265. The van der Waals surface area contributed by atoms with Crippen LogP contribution in [0.1, 0.15) is 83.8 Å². The molecular formula is C23H36O6. The van der Waals surface area contributed by atoms with E-state index in [0.29, 0.717) is 36.8 Å². The van der Waals surface area contributed by atoms with E-state index in [1.165, 1.54) is 0 Å². The minimum atomic E-state index is -0.811. The average Bonchev–Trinajstić information content (AvgIpc) is 2.61. The van der Waals surface area contributed by atoms with Crippen molar-refractivity contribution in [2.45, 2.75) is 85.5 Å². The number of carboxylic acids is 2. The third-order valence-electron chi connectivity index (χ3n) is 5.68. The second kappa shape index (κ2) is 10.5. The number of hydrogen-bond donors (Lipinski definition) is 4. The molecule has 0 aliphatic carbocycles. The summed E-state index contributed by atoms with van der Waals surface area (Å²) in [6.07, 6.45) is 6.32. The zero-order valence-corrected chi connectivity index (χ0v) is 18.1. The van der Waals surface area contributed by atoms with Gasteiger partial charge in [-0.25, -0.2) is 0 Å². The minimum absolute atomic E-state index is 0.155. The number of aromatic hydroxyl groups is 2. The molecule has 1 aromatic carbocycles. The van der Waals surface area contributed by atoms with Crippen LogP contribution in [0.5, 0.6) is 11.5 Å². The highest BCUT2D eigenvalue weighted by atomic mass is 16.4. The Bertz CT molecular complexity index is 706. The Balaban J connectivity index is 2.47. The maximum Gasteiger partial charge on any atom is 0.309 e. The molecule has 0 amide bonds. The zero-order valence-electron chi connectivity index (χ0n) is 18.1. The van der Waals surface area contributed by atoms with Gasteiger partial charge in [-0.15, -0.1) is 0 Å². The Morgan fingerprint density at radius 3 is 1.41 bits per heavy atom. The highest BCUT2D eigenvalue weighted by Crippen LogP contribution is 2.31. The summed E-state index contributed by atoms with van der Waals surface area (Å²) in [5, 5.41) is 38.8. The standard InChI is InChI=1S/C23H36O6/c1-22(2,20(26)27)12-8-5-6-10-16-14-19(25)17(15-18(16)24)11-7-9-13-23(3,4)21(28)29/h14-15,24-25H,5-13H2,1-4H3,(H,26,27)(H,28,29). The fourth-order valence-corrected chi connectivity index (χ4v) is 3.22. The number of unbranched alkanes of at least 4 members (excludes halogenated alkanes) is 3. The number of carboxylic acid groups (broad SMARTS) is 2. The molecule has 0 fully saturated rings. The van der Waals surface area contributed by atoms with E-state index in [-0.39, 0.29) is 11.5 Å². The summed E-state index contributed by atoms with van der Waals surface area (Å²) in [5.74, 6) is -1.28. The van der Waals surface area contributed by atoms with Crippen LogP contribution in [0.15, 0.2) is 12.1 Å². The Kier molecular flexibility index (Phi) is 8.99. The van der Waals surface area contributed by atoms with Crippen molar-refractivity contribution in [3.8, 4) is 11.5 Å². The van der Waals surface area contributed by atoms with Crippen LogP contribution in [-0.4, -0.2) is 32.4 Å². The van der Waals surface area contributed by atoms with Crippen molar-refractivity contribution < 1.29 is 30.0 Å². The summed E-state index contributed by atoms with van der Waals surface area (Å²) in [5.41, 5.74) is -0.117. The van der Waals surface area contributed by atoms with Crippen LogP contribution in [-0.2, 0) is 22.4 Å². The summed E-state index contributed by atoms with van der Waals surface area (Å²) in [6, 6.07) is 3.20. The van der Waals surface area contributed by atoms with Gasteiger partial charge in [0.1, 0.15) is 11.5 Å². The lowest BCUT2D eigenvalue weighted by Gasteiger charge is -2.18. The third kappa shape index (κ3) is 7.95. The summed E-state index contributed by atoms with van der Waals surface area (Å²) in [4.78, 5) is 22.2. The number of rotatable bonds is 13. The van der Waals surface area contributed by atoms with Crippen molar-refractivity contribution >= 4 is 11.9 Å². The number of phenolic OH excluding ortho intramolecular Hbond substituents is 2. The largest absolute Gasteiger partial charge is 0.508 e. The second-order valence-corrected chi connectivity index (χ2v) is 9.26. The van der Waals surface area contributed by atoms with Gasteiger partial charge in [0.25, 0.3) is 0 Å². The van der Waals surface area contributed by atoms with Gasteiger partial charge in [-0.2, -0.15) is 0 Å². The molecular weight excluding hydrogens is 372 g/mol. The molecule has 0 aliphatic rings. The fraction of sp³-hybridized carbons (Fsp3) is 0.652. The zero-order chi connectivity index (χ0) is 22.2. The molecule has 0 saturated heterocycles. The molecule has 0 saturated carbocycles. The monoisotopic (exact) mass is 408 g/mol. The summed E-state index contributed by atoms with van der Waals surface area (Å²) in [6.45, 7) is 6.85. The van der Waals surface area contributed by atoms with Gasteiger partial charge in [0.15, 0.2) is 0 Å². The summed E-state index contributed by atoms with van der Waals surface area (Å²) >= 11 is 0. The first-order chi connectivity index (χ1) is 13.4.